The fraction of sp³-hybridized carbons (Fsp3) is 0.571. The molecule has 2 aromatic rings. The normalized spacial score (nSPS) is 18.1. The average molecular weight is 326 g/mol. The molecule has 124 valence electrons. The number of anilines is 1. The second-order valence-electron chi connectivity index (χ2n) is 5.88. The van der Waals surface area contributed by atoms with Crippen molar-refractivity contribution in [3.05, 3.63) is 29.6 Å². The molecule has 0 aliphatic carbocycles. The van der Waals surface area contributed by atoms with Crippen LogP contribution < -0.4 is 5.32 Å². The maximum Gasteiger partial charge on any atom is 0.433 e. The first-order valence-corrected chi connectivity index (χ1v) is 7.43. The van der Waals surface area contributed by atoms with Gasteiger partial charge >= 0.3 is 6.18 Å². The Kier molecular flexibility index (Phi) is 3.95. The number of fused-ring (bicyclic) bond motifs is 1. The highest BCUT2D eigenvalue weighted by molar-refractivity contribution is 5.28. The van der Waals surface area contributed by atoms with Crippen LogP contribution in [0, 0.1) is 0 Å². The molecule has 0 radical (unpaired) electrons. The third-order valence-electron chi connectivity index (χ3n) is 3.77. The van der Waals surface area contributed by atoms with Gasteiger partial charge < -0.3 is 9.88 Å². The third-order valence-corrected chi connectivity index (χ3v) is 3.77. The third kappa shape index (κ3) is 3.27. The lowest BCUT2D eigenvalue weighted by Gasteiger charge is -2.26. The molecule has 3 heterocycles. The van der Waals surface area contributed by atoms with E-state index >= 15 is 0 Å². The molecule has 0 saturated heterocycles. The molecule has 23 heavy (non-hydrogen) atoms. The summed E-state index contributed by atoms with van der Waals surface area (Å²) in [6.45, 7) is 4.66. The molecule has 0 unspecified atom stereocenters. The van der Waals surface area contributed by atoms with Gasteiger partial charge in [-0.2, -0.15) is 13.2 Å². The number of rotatable bonds is 3. The molecule has 0 spiro atoms. The van der Waals surface area contributed by atoms with Gasteiger partial charge in [0.15, 0.2) is 0 Å². The zero-order chi connectivity index (χ0) is 16.6. The lowest BCUT2D eigenvalue weighted by Crippen LogP contribution is -2.33. The number of nitrogens with zero attached hydrogens (tertiary/aromatic N) is 5. The van der Waals surface area contributed by atoms with Crippen LogP contribution in [0.2, 0.25) is 0 Å². The van der Waals surface area contributed by atoms with E-state index in [1.165, 1.54) is 0 Å². The van der Waals surface area contributed by atoms with Gasteiger partial charge in [0.1, 0.15) is 17.3 Å². The van der Waals surface area contributed by atoms with Crippen molar-refractivity contribution in [3.8, 4) is 0 Å². The van der Waals surface area contributed by atoms with Crippen LogP contribution >= 0.6 is 0 Å². The van der Waals surface area contributed by atoms with Crippen LogP contribution in [0.5, 0.6) is 0 Å². The Bertz CT molecular complexity index is 694. The molecule has 0 aromatic carbocycles. The summed E-state index contributed by atoms with van der Waals surface area (Å²) in [5, 5.41) is 11.4. The van der Waals surface area contributed by atoms with E-state index in [0.29, 0.717) is 6.54 Å². The number of halogens is 3. The molecule has 6 nitrogen and oxygen atoms in total. The number of nitrogens with one attached hydrogen (secondary N) is 1. The molecule has 9 heteroatoms. The first-order valence-electron chi connectivity index (χ1n) is 7.43. The summed E-state index contributed by atoms with van der Waals surface area (Å²) in [6, 6.07) is 0.806. The predicted octanol–water partition coefficient (Wildman–Crippen LogP) is 2.64. The van der Waals surface area contributed by atoms with Crippen LogP contribution in [-0.4, -0.2) is 30.8 Å². The summed E-state index contributed by atoms with van der Waals surface area (Å²) >= 11 is 0. The second-order valence-corrected chi connectivity index (χ2v) is 5.88. The maximum absolute atomic E-state index is 12.7. The Hall–Kier alpha value is -2.19. The topological polar surface area (TPSA) is 68.5 Å². The standard InChI is InChI=1S/C14H17F3N6/c1-8(2)12-22-21-11-4-3-9(7-23(11)12)19-13-18-6-5-10(20-13)14(15,16)17/h5-6,8-9H,3-4,7H2,1-2H3,(H,18,19,20)/t9-/m1/s1. The Morgan fingerprint density at radius 3 is 2.78 bits per heavy atom. The molecular formula is C14H17F3N6. The Labute approximate surface area is 131 Å². The summed E-state index contributed by atoms with van der Waals surface area (Å²) in [4.78, 5) is 7.44. The van der Waals surface area contributed by atoms with Gasteiger partial charge in [-0.15, -0.1) is 10.2 Å². The van der Waals surface area contributed by atoms with E-state index in [1.807, 2.05) is 18.4 Å². The van der Waals surface area contributed by atoms with E-state index in [2.05, 4.69) is 25.5 Å². The largest absolute Gasteiger partial charge is 0.433 e. The van der Waals surface area contributed by atoms with Crippen molar-refractivity contribution < 1.29 is 13.2 Å². The van der Waals surface area contributed by atoms with Crippen LogP contribution in [0.25, 0.3) is 0 Å². The molecule has 1 N–H and O–H groups in total. The minimum absolute atomic E-state index is 0.00699. The molecule has 0 bridgehead atoms. The Morgan fingerprint density at radius 1 is 1.30 bits per heavy atom. The second kappa shape index (κ2) is 5.78. The Morgan fingerprint density at radius 2 is 2.09 bits per heavy atom. The van der Waals surface area contributed by atoms with Gasteiger partial charge in [0.25, 0.3) is 0 Å². The van der Waals surface area contributed by atoms with Crippen molar-refractivity contribution in [2.24, 2.45) is 0 Å². The molecule has 3 rings (SSSR count). The van der Waals surface area contributed by atoms with Crippen LogP contribution in [0.4, 0.5) is 19.1 Å². The molecule has 1 atom stereocenters. The smallest absolute Gasteiger partial charge is 0.350 e. The van der Waals surface area contributed by atoms with Crippen molar-refractivity contribution >= 4 is 5.95 Å². The Balaban J connectivity index is 1.76. The lowest BCUT2D eigenvalue weighted by atomic mass is 10.1. The van der Waals surface area contributed by atoms with Crippen molar-refractivity contribution in [2.45, 2.75) is 51.4 Å². The number of aromatic nitrogens is 5. The van der Waals surface area contributed by atoms with Crippen molar-refractivity contribution in [3.63, 3.8) is 0 Å². The van der Waals surface area contributed by atoms with E-state index in [-0.39, 0.29) is 17.9 Å². The van der Waals surface area contributed by atoms with Gasteiger partial charge in [-0.1, -0.05) is 13.8 Å². The quantitative estimate of drug-likeness (QED) is 0.939. The highest BCUT2D eigenvalue weighted by Gasteiger charge is 2.33. The summed E-state index contributed by atoms with van der Waals surface area (Å²) in [5.41, 5.74) is -0.946. The predicted molar refractivity (Wildman–Crippen MR) is 76.9 cm³/mol. The van der Waals surface area contributed by atoms with E-state index in [4.69, 9.17) is 0 Å². The summed E-state index contributed by atoms with van der Waals surface area (Å²) in [5.74, 6) is 2.03. The molecule has 0 fully saturated rings. The molecule has 0 saturated carbocycles. The zero-order valence-corrected chi connectivity index (χ0v) is 12.8. The summed E-state index contributed by atoms with van der Waals surface area (Å²) in [7, 11) is 0. The monoisotopic (exact) mass is 326 g/mol. The van der Waals surface area contributed by atoms with Crippen molar-refractivity contribution in [2.75, 3.05) is 5.32 Å². The number of alkyl halides is 3. The van der Waals surface area contributed by atoms with E-state index < -0.39 is 11.9 Å². The van der Waals surface area contributed by atoms with Gasteiger partial charge in [0.2, 0.25) is 5.95 Å². The van der Waals surface area contributed by atoms with Gasteiger partial charge in [-0.25, -0.2) is 9.97 Å². The van der Waals surface area contributed by atoms with Gasteiger partial charge in [-0.3, -0.25) is 0 Å². The summed E-state index contributed by atoms with van der Waals surface area (Å²) < 4.78 is 40.1. The minimum Gasteiger partial charge on any atom is -0.350 e. The van der Waals surface area contributed by atoms with E-state index in [1.54, 1.807) is 0 Å². The average Bonchev–Trinajstić information content (AvgIpc) is 2.90. The van der Waals surface area contributed by atoms with Crippen LogP contribution in [0.15, 0.2) is 12.3 Å². The lowest BCUT2D eigenvalue weighted by molar-refractivity contribution is -0.141. The fourth-order valence-electron chi connectivity index (χ4n) is 2.66. The SMILES string of the molecule is CC(C)c1nnc2n1C[C@H](Nc1nccc(C(F)(F)F)n1)CC2. The van der Waals surface area contributed by atoms with Crippen LogP contribution in [-0.2, 0) is 19.1 Å². The first-order chi connectivity index (χ1) is 10.8. The van der Waals surface area contributed by atoms with Crippen LogP contribution in [0.1, 0.15) is 43.5 Å². The molecule has 1 aliphatic rings. The van der Waals surface area contributed by atoms with Crippen molar-refractivity contribution in [1.29, 1.82) is 0 Å². The molecule has 0 amide bonds. The van der Waals surface area contributed by atoms with Crippen LogP contribution in [0.3, 0.4) is 0 Å². The maximum atomic E-state index is 12.7. The highest BCUT2D eigenvalue weighted by Crippen LogP contribution is 2.28. The fourth-order valence-corrected chi connectivity index (χ4v) is 2.66. The first kappa shape index (κ1) is 15.7. The molecule has 1 aliphatic heterocycles. The number of hydrogen-bond donors (Lipinski definition) is 1. The number of aryl methyl sites for hydroxylation is 1. The van der Waals surface area contributed by atoms with Gasteiger partial charge in [0.05, 0.1) is 0 Å². The van der Waals surface area contributed by atoms with Crippen molar-refractivity contribution in [1.82, 2.24) is 24.7 Å². The van der Waals surface area contributed by atoms with E-state index in [9.17, 15) is 13.2 Å². The number of hydrogen-bond acceptors (Lipinski definition) is 5. The van der Waals surface area contributed by atoms with E-state index in [0.717, 1.165) is 36.8 Å². The molecule has 2 aromatic heterocycles. The van der Waals surface area contributed by atoms with Gasteiger partial charge in [0, 0.05) is 31.1 Å². The summed E-state index contributed by atoms with van der Waals surface area (Å²) in [6.07, 6.45) is -1.89. The highest BCUT2D eigenvalue weighted by atomic mass is 19.4. The zero-order valence-electron chi connectivity index (χ0n) is 12.8. The van der Waals surface area contributed by atoms with Gasteiger partial charge in [-0.05, 0) is 12.5 Å². The minimum atomic E-state index is -4.47. The molecular weight excluding hydrogens is 309 g/mol.